The smallest absolute Gasteiger partial charge is 0.258 e. The quantitative estimate of drug-likeness (QED) is 0.370. The number of ether oxygens (including phenoxy) is 2. The first kappa shape index (κ1) is 28.0. The molecule has 3 aliphatic rings. The number of hydrogen-bond donors (Lipinski definition) is 2. The number of fused-ring (bicyclic) bond motifs is 7. The molecule has 43 heavy (non-hydrogen) atoms. The van der Waals surface area contributed by atoms with Crippen molar-refractivity contribution in [3.63, 3.8) is 0 Å². The molecule has 3 aliphatic heterocycles. The lowest BCUT2D eigenvalue weighted by Crippen LogP contribution is -2.45. The van der Waals surface area contributed by atoms with E-state index in [1.807, 2.05) is 12.1 Å². The third-order valence-corrected chi connectivity index (χ3v) is 7.39. The molecule has 4 aromatic rings. The van der Waals surface area contributed by atoms with Crippen molar-refractivity contribution in [2.75, 3.05) is 19.7 Å². The van der Waals surface area contributed by atoms with E-state index in [1.54, 1.807) is 60.4 Å². The van der Waals surface area contributed by atoms with Crippen LogP contribution < -0.4 is 20.1 Å². The minimum absolute atomic E-state index is 0.00803. The number of carbonyl (C=O) groups is 3. The fraction of sp³-hybridized carbons (Fsp3) is 0.250. The highest BCUT2D eigenvalue weighted by Crippen LogP contribution is 2.27. The summed E-state index contributed by atoms with van der Waals surface area (Å²) in [5, 5.41) is 9.57. The van der Waals surface area contributed by atoms with Crippen molar-refractivity contribution in [2.45, 2.75) is 32.0 Å². The summed E-state index contributed by atoms with van der Waals surface area (Å²) in [6, 6.07) is 19.5. The van der Waals surface area contributed by atoms with E-state index in [-0.39, 0.29) is 43.5 Å². The molecule has 10 nitrogen and oxygen atoms in total. The molecule has 0 radical (unpaired) electrons. The molecular weight excluding hydrogens is 555 g/mol. The fourth-order valence-corrected chi connectivity index (χ4v) is 5.15. The zero-order valence-corrected chi connectivity index (χ0v) is 23.3. The van der Waals surface area contributed by atoms with Crippen LogP contribution in [0.4, 0.5) is 4.39 Å². The van der Waals surface area contributed by atoms with Gasteiger partial charge >= 0.3 is 0 Å². The number of aromatic nitrogens is 1. The van der Waals surface area contributed by atoms with Crippen LogP contribution in [0, 0.1) is 12.7 Å². The van der Waals surface area contributed by atoms with Crippen LogP contribution in [0.15, 0.2) is 77.3 Å². The van der Waals surface area contributed by atoms with Gasteiger partial charge in [0.05, 0.1) is 30.3 Å². The second-order valence-corrected chi connectivity index (χ2v) is 10.6. The standard InChI is InChI=1S/C32H29FN4O6/c1-19-11-25(43-36-19)14-31(39)37-16-28-29(17-37)42-23-8-5-20(6-9-23)15-34-30(38)18-41-24-4-2-3-21(12-24)22-7-10-27(33)26(13-22)32(40)35-28/h2-13,28-29H,14-18H2,1H3,(H,34,38)(H,35,40)/t28-,29-/m0/s1. The van der Waals surface area contributed by atoms with Crippen molar-refractivity contribution >= 4 is 17.7 Å². The molecule has 1 saturated heterocycles. The summed E-state index contributed by atoms with van der Waals surface area (Å²) in [6.45, 7) is 2.24. The van der Waals surface area contributed by atoms with Gasteiger partial charge in [-0.1, -0.05) is 35.5 Å². The van der Waals surface area contributed by atoms with Crippen molar-refractivity contribution in [3.8, 4) is 22.6 Å². The molecule has 220 valence electrons. The molecule has 3 amide bonds. The minimum Gasteiger partial charge on any atom is -0.486 e. The maximum atomic E-state index is 15.0. The number of nitrogens with zero attached hydrogens (tertiary/aromatic N) is 2. The summed E-state index contributed by atoms with van der Waals surface area (Å²) in [6.07, 6.45) is -0.603. The van der Waals surface area contributed by atoms with Crippen molar-refractivity contribution in [3.05, 3.63) is 101 Å². The van der Waals surface area contributed by atoms with Gasteiger partial charge < -0.3 is 29.5 Å². The predicted molar refractivity (Wildman–Crippen MR) is 153 cm³/mol. The molecule has 2 N–H and O–H groups in total. The molecule has 2 atom stereocenters. The maximum Gasteiger partial charge on any atom is 0.258 e. The van der Waals surface area contributed by atoms with Gasteiger partial charge in [0.15, 0.2) is 6.61 Å². The summed E-state index contributed by atoms with van der Waals surface area (Å²) in [5.74, 6) is -0.415. The van der Waals surface area contributed by atoms with E-state index in [0.29, 0.717) is 40.6 Å². The van der Waals surface area contributed by atoms with Crippen LogP contribution in [0.5, 0.6) is 11.5 Å². The van der Waals surface area contributed by atoms with Gasteiger partial charge in [0.1, 0.15) is 29.2 Å². The summed E-state index contributed by atoms with van der Waals surface area (Å²) >= 11 is 0. The van der Waals surface area contributed by atoms with Crippen LogP contribution in [0.25, 0.3) is 11.1 Å². The average Bonchev–Trinajstić information content (AvgIpc) is 3.60. The van der Waals surface area contributed by atoms with Crippen molar-refractivity contribution in [1.82, 2.24) is 20.7 Å². The average molecular weight is 585 g/mol. The van der Waals surface area contributed by atoms with Crippen LogP contribution in [0.3, 0.4) is 0 Å². The van der Waals surface area contributed by atoms with Gasteiger partial charge in [0.25, 0.3) is 11.8 Å². The summed E-state index contributed by atoms with van der Waals surface area (Å²) in [4.78, 5) is 40.6. The largest absolute Gasteiger partial charge is 0.486 e. The minimum atomic E-state index is -0.688. The number of amides is 3. The monoisotopic (exact) mass is 584 g/mol. The molecule has 7 rings (SSSR count). The van der Waals surface area contributed by atoms with Gasteiger partial charge in [0, 0.05) is 19.2 Å². The van der Waals surface area contributed by atoms with E-state index in [1.165, 1.54) is 12.1 Å². The zero-order valence-electron chi connectivity index (χ0n) is 23.3. The first-order valence-electron chi connectivity index (χ1n) is 13.9. The molecule has 0 unspecified atom stereocenters. The Bertz CT molecular complexity index is 1670. The Hall–Kier alpha value is -5.19. The van der Waals surface area contributed by atoms with Crippen LogP contribution in [0.1, 0.15) is 27.4 Å². The van der Waals surface area contributed by atoms with E-state index in [9.17, 15) is 18.8 Å². The molecule has 3 aromatic carbocycles. The summed E-state index contributed by atoms with van der Waals surface area (Å²) in [7, 11) is 0. The highest BCUT2D eigenvalue weighted by Gasteiger charge is 2.38. The number of rotatable bonds is 2. The third-order valence-electron chi connectivity index (χ3n) is 7.39. The first-order valence-corrected chi connectivity index (χ1v) is 13.9. The molecule has 6 bridgehead atoms. The van der Waals surface area contributed by atoms with Gasteiger partial charge in [0.2, 0.25) is 5.91 Å². The zero-order chi connectivity index (χ0) is 29.9. The number of halogens is 1. The van der Waals surface area contributed by atoms with E-state index in [0.717, 1.165) is 5.56 Å². The third kappa shape index (κ3) is 6.50. The molecular formula is C32H29FN4O6. The molecule has 1 aromatic heterocycles. The van der Waals surface area contributed by atoms with Gasteiger partial charge in [-0.25, -0.2) is 4.39 Å². The highest BCUT2D eigenvalue weighted by molar-refractivity contribution is 5.96. The van der Waals surface area contributed by atoms with E-state index < -0.39 is 23.9 Å². The van der Waals surface area contributed by atoms with Crippen LogP contribution in [-0.2, 0) is 22.6 Å². The lowest BCUT2D eigenvalue weighted by molar-refractivity contribution is -0.130. The Balaban J connectivity index is 1.30. The highest BCUT2D eigenvalue weighted by atomic mass is 19.1. The van der Waals surface area contributed by atoms with Crippen LogP contribution in [0.2, 0.25) is 0 Å². The predicted octanol–water partition coefficient (Wildman–Crippen LogP) is 3.43. The van der Waals surface area contributed by atoms with E-state index in [4.69, 9.17) is 14.0 Å². The van der Waals surface area contributed by atoms with Crippen molar-refractivity contribution in [1.29, 1.82) is 0 Å². The first-order chi connectivity index (χ1) is 20.8. The van der Waals surface area contributed by atoms with Gasteiger partial charge in [-0.3, -0.25) is 14.4 Å². The topological polar surface area (TPSA) is 123 Å². The Morgan fingerprint density at radius 1 is 1.00 bits per heavy atom. The number of hydrogen-bond acceptors (Lipinski definition) is 7. The molecule has 4 heterocycles. The number of aryl methyl sites for hydroxylation is 1. The second-order valence-electron chi connectivity index (χ2n) is 10.6. The lowest BCUT2D eigenvalue weighted by Gasteiger charge is -2.21. The molecule has 0 aliphatic carbocycles. The van der Waals surface area contributed by atoms with Crippen molar-refractivity contribution in [2.24, 2.45) is 0 Å². The molecule has 0 spiro atoms. The number of likely N-dealkylation sites (tertiary alicyclic amines) is 1. The normalized spacial score (nSPS) is 18.6. The lowest BCUT2D eigenvalue weighted by atomic mass is 10.0. The van der Waals surface area contributed by atoms with Gasteiger partial charge in [-0.2, -0.15) is 0 Å². The molecule has 11 heteroatoms. The number of benzene rings is 3. The fourth-order valence-electron chi connectivity index (χ4n) is 5.15. The summed E-state index contributed by atoms with van der Waals surface area (Å²) < 4.78 is 32.1. The van der Waals surface area contributed by atoms with Crippen LogP contribution in [-0.4, -0.2) is 59.6 Å². The van der Waals surface area contributed by atoms with Gasteiger partial charge in [-0.05, 0) is 60.0 Å². The van der Waals surface area contributed by atoms with E-state index in [2.05, 4.69) is 15.8 Å². The van der Waals surface area contributed by atoms with Crippen molar-refractivity contribution < 1.29 is 32.8 Å². The number of nitrogens with one attached hydrogen (secondary N) is 2. The molecule has 0 saturated carbocycles. The van der Waals surface area contributed by atoms with E-state index >= 15 is 0 Å². The van der Waals surface area contributed by atoms with Crippen LogP contribution >= 0.6 is 0 Å². The SMILES string of the molecule is Cc1cc(CC(=O)N2C[C@@H]3NC(=O)c4cc(ccc4F)-c4cccc(c4)OCC(=O)NCc4ccc(cc4)O[C@H]3C2)on1. The maximum absolute atomic E-state index is 15.0. The summed E-state index contributed by atoms with van der Waals surface area (Å²) in [5.41, 5.74) is 2.64. The molecule has 1 fully saturated rings. The Kier molecular flexibility index (Phi) is 7.78. The Morgan fingerprint density at radius 3 is 2.60 bits per heavy atom. The van der Waals surface area contributed by atoms with Gasteiger partial charge in [-0.15, -0.1) is 0 Å². The second kappa shape index (κ2) is 12.0. The Labute approximate surface area is 246 Å². The Morgan fingerprint density at radius 2 is 1.81 bits per heavy atom. The number of carbonyl (C=O) groups excluding carboxylic acids is 3.